The molecule has 0 aliphatic rings. The van der Waals surface area contributed by atoms with Crippen molar-refractivity contribution in [1.82, 2.24) is 0 Å². The Hall–Kier alpha value is -2.31. The summed E-state index contributed by atoms with van der Waals surface area (Å²) in [5.74, 6) is -4.12. The molecule has 0 bridgehead atoms. The maximum absolute atomic E-state index is 10.4. The number of hydrogen-bond acceptors (Lipinski definition) is 5. The quantitative estimate of drug-likeness (QED) is 0.454. The topological polar surface area (TPSA) is 120 Å². The van der Waals surface area contributed by atoms with Crippen molar-refractivity contribution >= 4 is 11.9 Å². The van der Waals surface area contributed by atoms with Crippen LogP contribution in [0.4, 0.5) is 0 Å². The third-order valence-electron chi connectivity index (χ3n) is 1.31. The Balaban J connectivity index is 3.43. The van der Waals surface area contributed by atoms with Gasteiger partial charge in [-0.1, -0.05) is 5.16 Å². The first kappa shape index (κ1) is 9.78. The van der Waals surface area contributed by atoms with E-state index in [1.165, 1.54) is 0 Å². The molecule has 0 spiro atoms. The van der Waals surface area contributed by atoms with Gasteiger partial charge >= 0.3 is 11.9 Å². The average molecular weight is 199 g/mol. The molecule has 0 saturated heterocycles. The zero-order valence-corrected chi connectivity index (χ0v) is 6.67. The molecule has 0 aliphatic heterocycles. The molecular weight excluding hydrogens is 194 g/mol. The van der Waals surface area contributed by atoms with Crippen LogP contribution in [-0.4, -0.2) is 27.4 Å². The van der Waals surface area contributed by atoms with Crippen LogP contribution >= 0.6 is 0 Å². The number of nitrogens with zero attached hydrogens (tertiary/aromatic N) is 1. The highest BCUT2D eigenvalue weighted by Gasteiger charge is 2.12. The zero-order chi connectivity index (χ0) is 10.7. The molecule has 0 fully saturated rings. The van der Waals surface area contributed by atoms with Gasteiger partial charge in [-0.05, 0) is 0 Å². The fourth-order valence-electron chi connectivity index (χ4n) is 0.756. The van der Waals surface area contributed by atoms with Crippen molar-refractivity contribution in [3.63, 3.8) is 0 Å². The van der Waals surface area contributed by atoms with Crippen LogP contribution in [0.5, 0.6) is 0 Å². The van der Waals surface area contributed by atoms with Gasteiger partial charge in [0, 0.05) is 12.1 Å². The predicted molar refractivity (Wildman–Crippen MR) is 40.0 cm³/mol. The zero-order valence-electron chi connectivity index (χ0n) is 6.67. The summed E-state index contributed by atoms with van der Waals surface area (Å²) in [7, 11) is 0. The van der Waals surface area contributed by atoms with E-state index in [1.807, 2.05) is 0 Å². The van der Waals surface area contributed by atoms with E-state index in [-0.39, 0.29) is 5.36 Å². The van der Waals surface area contributed by atoms with Crippen molar-refractivity contribution in [2.24, 2.45) is 5.16 Å². The SMILES string of the molecule is O=C(O)c1cc(=NO)cc(C(=O)O)o1. The van der Waals surface area contributed by atoms with Crippen molar-refractivity contribution in [2.45, 2.75) is 0 Å². The normalized spacial score (nSPS) is 9.43. The van der Waals surface area contributed by atoms with Gasteiger partial charge in [0.2, 0.25) is 11.5 Å². The first-order valence-electron chi connectivity index (χ1n) is 3.34. The first-order chi connectivity index (χ1) is 6.54. The fraction of sp³-hybridized carbons (Fsp3) is 0. The molecule has 74 valence electrons. The minimum absolute atomic E-state index is 0.203. The smallest absolute Gasteiger partial charge is 0.371 e. The van der Waals surface area contributed by atoms with Crippen LogP contribution < -0.4 is 5.36 Å². The van der Waals surface area contributed by atoms with Crippen LogP contribution in [0.2, 0.25) is 0 Å². The van der Waals surface area contributed by atoms with Crippen molar-refractivity contribution in [3.8, 4) is 0 Å². The van der Waals surface area contributed by atoms with E-state index < -0.39 is 23.5 Å². The van der Waals surface area contributed by atoms with E-state index in [9.17, 15) is 9.59 Å². The van der Waals surface area contributed by atoms with Crippen molar-refractivity contribution in [2.75, 3.05) is 0 Å². The summed E-state index contributed by atoms with van der Waals surface area (Å²) >= 11 is 0. The van der Waals surface area contributed by atoms with E-state index in [1.54, 1.807) is 0 Å². The predicted octanol–water partition coefficient (Wildman–Crippen LogP) is -0.0341. The minimum atomic E-state index is -1.45. The van der Waals surface area contributed by atoms with Crippen LogP contribution in [0.25, 0.3) is 0 Å². The molecule has 0 unspecified atom stereocenters. The van der Waals surface area contributed by atoms with Gasteiger partial charge in [0.15, 0.2) is 0 Å². The molecule has 0 radical (unpaired) electrons. The van der Waals surface area contributed by atoms with Crippen LogP contribution in [-0.2, 0) is 0 Å². The summed E-state index contributed by atoms with van der Waals surface area (Å²) in [6.45, 7) is 0. The summed E-state index contributed by atoms with van der Waals surface area (Å²) in [6.07, 6.45) is 0. The van der Waals surface area contributed by atoms with Crippen molar-refractivity contribution in [1.29, 1.82) is 0 Å². The molecule has 0 aromatic carbocycles. The Morgan fingerprint density at radius 3 is 1.86 bits per heavy atom. The van der Waals surface area contributed by atoms with Crippen LogP contribution in [0.15, 0.2) is 21.7 Å². The molecule has 1 aromatic rings. The van der Waals surface area contributed by atoms with Crippen molar-refractivity contribution < 1.29 is 29.4 Å². The highest BCUT2D eigenvalue weighted by molar-refractivity contribution is 5.87. The number of carboxylic acid groups (broad SMARTS) is 2. The van der Waals surface area contributed by atoms with Gasteiger partial charge in [-0.15, -0.1) is 0 Å². The standard InChI is InChI=1S/C7H5NO6/c9-6(10)4-1-3(8-13)2-5(14-4)7(11)12/h1-2,13H,(H,9,10)(H,11,12). The maximum atomic E-state index is 10.4. The molecular formula is C7H5NO6. The van der Waals surface area contributed by atoms with Crippen LogP contribution in [0, 0.1) is 0 Å². The number of carboxylic acids is 2. The Bertz CT molecular complexity index is 410. The Morgan fingerprint density at radius 1 is 1.14 bits per heavy atom. The van der Waals surface area contributed by atoms with Crippen molar-refractivity contribution in [3.05, 3.63) is 29.0 Å². The first-order valence-corrected chi connectivity index (χ1v) is 3.34. The molecule has 14 heavy (non-hydrogen) atoms. The Labute approximate surface area is 76.5 Å². The molecule has 1 aromatic heterocycles. The van der Waals surface area contributed by atoms with Gasteiger partial charge < -0.3 is 19.8 Å². The van der Waals surface area contributed by atoms with E-state index in [0.717, 1.165) is 12.1 Å². The Morgan fingerprint density at radius 2 is 1.57 bits per heavy atom. The fourth-order valence-corrected chi connectivity index (χ4v) is 0.756. The molecule has 0 amide bonds. The highest BCUT2D eigenvalue weighted by atomic mass is 16.4. The molecule has 1 rings (SSSR count). The molecule has 1 heterocycles. The minimum Gasteiger partial charge on any atom is -0.475 e. The third-order valence-corrected chi connectivity index (χ3v) is 1.31. The number of carbonyl (C=O) groups is 2. The van der Waals surface area contributed by atoms with Crippen LogP contribution in [0.3, 0.4) is 0 Å². The lowest BCUT2D eigenvalue weighted by atomic mass is 10.3. The summed E-state index contributed by atoms with van der Waals surface area (Å²) in [4.78, 5) is 20.9. The lowest BCUT2D eigenvalue weighted by molar-refractivity contribution is 0.0623. The third kappa shape index (κ3) is 1.89. The molecule has 0 atom stereocenters. The van der Waals surface area contributed by atoms with E-state index in [4.69, 9.17) is 15.4 Å². The van der Waals surface area contributed by atoms with E-state index in [2.05, 4.69) is 9.57 Å². The largest absolute Gasteiger partial charge is 0.475 e. The second-order valence-corrected chi connectivity index (χ2v) is 2.25. The average Bonchev–Trinajstić information content (AvgIpc) is 2.16. The summed E-state index contributed by atoms with van der Waals surface area (Å²) < 4.78 is 4.47. The summed E-state index contributed by atoms with van der Waals surface area (Å²) in [5.41, 5.74) is 0. The van der Waals surface area contributed by atoms with Gasteiger partial charge in [-0.25, -0.2) is 9.59 Å². The highest BCUT2D eigenvalue weighted by Crippen LogP contribution is 2.01. The number of aromatic carboxylic acids is 2. The molecule has 3 N–H and O–H groups in total. The van der Waals surface area contributed by atoms with E-state index >= 15 is 0 Å². The summed E-state index contributed by atoms with van der Waals surface area (Å²) in [6, 6.07) is 1.80. The van der Waals surface area contributed by atoms with Gasteiger partial charge in [0.25, 0.3) is 0 Å². The second kappa shape index (κ2) is 3.60. The second-order valence-electron chi connectivity index (χ2n) is 2.25. The molecule has 0 aliphatic carbocycles. The van der Waals surface area contributed by atoms with Gasteiger partial charge in [0.1, 0.15) is 5.36 Å². The number of rotatable bonds is 2. The van der Waals surface area contributed by atoms with Gasteiger partial charge in [-0.3, -0.25) is 0 Å². The molecule has 0 saturated carbocycles. The molecule has 7 heteroatoms. The monoisotopic (exact) mass is 199 g/mol. The Kier molecular flexibility index (Phi) is 2.52. The summed E-state index contributed by atoms with van der Waals surface area (Å²) in [5, 5.41) is 27.8. The lowest BCUT2D eigenvalue weighted by Crippen LogP contribution is -2.11. The van der Waals surface area contributed by atoms with E-state index in [0.29, 0.717) is 0 Å². The van der Waals surface area contributed by atoms with Gasteiger partial charge in [0.05, 0.1) is 0 Å². The lowest BCUT2D eigenvalue weighted by Gasteiger charge is -1.96. The maximum Gasteiger partial charge on any atom is 0.371 e. The van der Waals surface area contributed by atoms with Crippen LogP contribution in [0.1, 0.15) is 21.1 Å². The molecule has 7 nitrogen and oxygen atoms in total. The van der Waals surface area contributed by atoms with Gasteiger partial charge in [-0.2, -0.15) is 0 Å². The number of hydrogen-bond donors (Lipinski definition) is 3.